The number of carbonyl (C=O) groups is 2. The Hall–Kier alpha value is -2.04. The van der Waals surface area contributed by atoms with Gasteiger partial charge < -0.3 is 16.4 Å². The molecule has 0 aliphatic carbocycles. The number of anilines is 1. The van der Waals surface area contributed by atoms with Crippen LogP contribution in [0.3, 0.4) is 0 Å². The van der Waals surface area contributed by atoms with Gasteiger partial charge in [0.15, 0.2) is 0 Å². The van der Waals surface area contributed by atoms with Crippen molar-refractivity contribution in [3.05, 3.63) is 29.3 Å². The lowest BCUT2D eigenvalue weighted by molar-refractivity contribution is -0.119. The zero-order chi connectivity index (χ0) is 14.7. The minimum Gasteiger partial charge on any atom is -0.398 e. The van der Waals surface area contributed by atoms with Crippen molar-refractivity contribution in [3.8, 4) is 0 Å². The SMILES string of the molecule is Cc1ccc(N)c(C(=O)N2CCC(CC(N)=O)CC2)c1. The van der Waals surface area contributed by atoms with Crippen molar-refractivity contribution in [2.45, 2.75) is 26.2 Å². The van der Waals surface area contributed by atoms with Crippen molar-refractivity contribution in [3.63, 3.8) is 0 Å². The molecular weight excluding hydrogens is 254 g/mol. The molecule has 1 aromatic rings. The predicted octanol–water partition coefficient (Wildman–Crippen LogP) is 1.30. The van der Waals surface area contributed by atoms with E-state index in [1.54, 1.807) is 6.07 Å². The van der Waals surface area contributed by atoms with Crippen LogP contribution in [0.25, 0.3) is 0 Å². The molecule has 1 aliphatic rings. The van der Waals surface area contributed by atoms with Crippen LogP contribution in [0.1, 0.15) is 35.2 Å². The second kappa shape index (κ2) is 5.94. The Morgan fingerprint density at radius 2 is 1.95 bits per heavy atom. The van der Waals surface area contributed by atoms with Gasteiger partial charge in [0.1, 0.15) is 0 Å². The molecule has 0 atom stereocenters. The molecule has 0 bridgehead atoms. The highest BCUT2D eigenvalue weighted by molar-refractivity contribution is 5.99. The Labute approximate surface area is 118 Å². The number of nitrogens with zero attached hydrogens (tertiary/aromatic N) is 1. The highest BCUT2D eigenvalue weighted by atomic mass is 16.2. The van der Waals surface area contributed by atoms with E-state index in [-0.39, 0.29) is 11.8 Å². The fourth-order valence-corrected chi connectivity index (χ4v) is 2.65. The van der Waals surface area contributed by atoms with Crippen molar-refractivity contribution < 1.29 is 9.59 Å². The van der Waals surface area contributed by atoms with Gasteiger partial charge in [0, 0.05) is 25.2 Å². The molecular formula is C15H21N3O2. The van der Waals surface area contributed by atoms with Crippen molar-refractivity contribution in [1.82, 2.24) is 4.90 Å². The molecule has 0 spiro atoms. The highest BCUT2D eigenvalue weighted by Crippen LogP contribution is 2.23. The van der Waals surface area contributed by atoms with Gasteiger partial charge in [0.2, 0.25) is 5.91 Å². The van der Waals surface area contributed by atoms with E-state index in [4.69, 9.17) is 11.5 Å². The van der Waals surface area contributed by atoms with Gasteiger partial charge in [-0.15, -0.1) is 0 Å². The summed E-state index contributed by atoms with van der Waals surface area (Å²) in [7, 11) is 0. The van der Waals surface area contributed by atoms with Crippen LogP contribution in [-0.4, -0.2) is 29.8 Å². The maximum Gasteiger partial charge on any atom is 0.255 e. The van der Waals surface area contributed by atoms with Crippen LogP contribution in [0.5, 0.6) is 0 Å². The van der Waals surface area contributed by atoms with E-state index in [9.17, 15) is 9.59 Å². The molecule has 5 heteroatoms. The van der Waals surface area contributed by atoms with Gasteiger partial charge in [-0.2, -0.15) is 0 Å². The third-order valence-corrected chi connectivity index (χ3v) is 3.83. The molecule has 1 fully saturated rings. The summed E-state index contributed by atoms with van der Waals surface area (Å²) in [5, 5.41) is 0. The molecule has 1 saturated heterocycles. The van der Waals surface area contributed by atoms with Crippen LogP contribution < -0.4 is 11.5 Å². The predicted molar refractivity (Wildman–Crippen MR) is 78.0 cm³/mol. The van der Waals surface area contributed by atoms with Crippen molar-refractivity contribution in [2.24, 2.45) is 11.7 Å². The average Bonchev–Trinajstić information content (AvgIpc) is 2.41. The van der Waals surface area contributed by atoms with Crippen LogP contribution in [0.15, 0.2) is 18.2 Å². The number of nitrogens with two attached hydrogens (primary N) is 2. The molecule has 1 heterocycles. The maximum atomic E-state index is 12.5. The van der Waals surface area contributed by atoms with Gasteiger partial charge >= 0.3 is 0 Å². The second-order valence-corrected chi connectivity index (χ2v) is 5.50. The molecule has 5 nitrogen and oxygen atoms in total. The molecule has 4 N–H and O–H groups in total. The van der Waals surface area contributed by atoms with E-state index in [2.05, 4.69) is 0 Å². The van der Waals surface area contributed by atoms with Crippen LogP contribution in [0.2, 0.25) is 0 Å². The summed E-state index contributed by atoms with van der Waals surface area (Å²) in [6, 6.07) is 5.49. The molecule has 1 aromatic carbocycles. The van der Waals surface area contributed by atoms with Gasteiger partial charge in [-0.25, -0.2) is 0 Å². The van der Waals surface area contributed by atoms with E-state index >= 15 is 0 Å². The minimum atomic E-state index is -0.266. The van der Waals surface area contributed by atoms with Gasteiger partial charge in [-0.05, 0) is 37.8 Å². The monoisotopic (exact) mass is 275 g/mol. The van der Waals surface area contributed by atoms with Crippen LogP contribution >= 0.6 is 0 Å². The number of likely N-dealkylation sites (tertiary alicyclic amines) is 1. The Kier molecular flexibility index (Phi) is 4.27. The smallest absolute Gasteiger partial charge is 0.255 e. The lowest BCUT2D eigenvalue weighted by Crippen LogP contribution is -2.39. The third kappa shape index (κ3) is 3.29. The van der Waals surface area contributed by atoms with E-state index in [1.807, 2.05) is 24.0 Å². The Bertz CT molecular complexity index is 520. The molecule has 108 valence electrons. The first-order valence-electron chi connectivity index (χ1n) is 6.91. The fourth-order valence-electron chi connectivity index (χ4n) is 2.65. The minimum absolute atomic E-state index is 0.0243. The number of primary amides is 1. The summed E-state index contributed by atoms with van der Waals surface area (Å²) in [6.45, 7) is 3.25. The maximum absolute atomic E-state index is 12.5. The Balaban J connectivity index is 2.01. The number of nitrogen functional groups attached to an aromatic ring is 1. The Morgan fingerprint density at radius 3 is 2.55 bits per heavy atom. The molecule has 0 radical (unpaired) electrons. The quantitative estimate of drug-likeness (QED) is 0.815. The van der Waals surface area contributed by atoms with Crippen molar-refractivity contribution in [1.29, 1.82) is 0 Å². The first kappa shape index (κ1) is 14.4. The van der Waals surface area contributed by atoms with Crippen LogP contribution in [-0.2, 0) is 4.79 Å². The second-order valence-electron chi connectivity index (χ2n) is 5.50. The molecule has 0 aromatic heterocycles. The molecule has 1 aliphatic heterocycles. The normalized spacial score (nSPS) is 16.1. The molecule has 0 unspecified atom stereocenters. The third-order valence-electron chi connectivity index (χ3n) is 3.83. The summed E-state index contributed by atoms with van der Waals surface area (Å²) in [5.74, 6) is 0.00726. The lowest BCUT2D eigenvalue weighted by atomic mass is 9.93. The van der Waals surface area contributed by atoms with Crippen LogP contribution in [0, 0.1) is 12.8 Å². The van der Waals surface area contributed by atoms with E-state index < -0.39 is 0 Å². The molecule has 20 heavy (non-hydrogen) atoms. The summed E-state index contributed by atoms with van der Waals surface area (Å²) < 4.78 is 0. The zero-order valence-corrected chi connectivity index (χ0v) is 11.8. The molecule has 2 amide bonds. The molecule has 2 rings (SSSR count). The lowest BCUT2D eigenvalue weighted by Gasteiger charge is -2.31. The van der Waals surface area contributed by atoms with E-state index in [0.717, 1.165) is 18.4 Å². The number of rotatable bonds is 3. The standard InChI is InChI=1S/C15H21N3O2/c1-10-2-3-13(16)12(8-10)15(20)18-6-4-11(5-7-18)9-14(17)19/h2-3,8,11H,4-7,9,16H2,1H3,(H2,17,19). The summed E-state index contributed by atoms with van der Waals surface area (Å²) in [5.41, 5.74) is 13.2. The first-order chi connectivity index (χ1) is 9.47. The number of amides is 2. The van der Waals surface area contributed by atoms with Gasteiger partial charge in [-0.1, -0.05) is 11.6 Å². The summed E-state index contributed by atoms with van der Waals surface area (Å²) in [4.78, 5) is 25.2. The van der Waals surface area contributed by atoms with E-state index in [0.29, 0.717) is 36.7 Å². The van der Waals surface area contributed by atoms with Crippen LogP contribution in [0.4, 0.5) is 5.69 Å². The number of aryl methyl sites for hydroxylation is 1. The number of hydrogen-bond acceptors (Lipinski definition) is 3. The average molecular weight is 275 g/mol. The topological polar surface area (TPSA) is 89.4 Å². The summed E-state index contributed by atoms with van der Waals surface area (Å²) >= 11 is 0. The van der Waals surface area contributed by atoms with Gasteiger partial charge in [0.25, 0.3) is 5.91 Å². The number of piperidine rings is 1. The fraction of sp³-hybridized carbons (Fsp3) is 0.467. The largest absolute Gasteiger partial charge is 0.398 e. The molecule has 0 saturated carbocycles. The Morgan fingerprint density at radius 1 is 1.30 bits per heavy atom. The van der Waals surface area contributed by atoms with Crippen molar-refractivity contribution >= 4 is 17.5 Å². The van der Waals surface area contributed by atoms with E-state index in [1.165, 1.54) is 0 Å². The highest BCUT2D eigenvalue weighted by Gasteiger charge is 2.25. The number of carbonyl (C=O) groups excluding carboxylic acids is 2. The zero-order valence-electron chi connectivity index (χ0n) is 11.8. The van der Waals surface area contributed by atoms with Gasteiger partial charge in [0.05, 0.1) is 5.56 Å². The first-order valence-corrected chi connectivity index (χ1v) is 6.91. The number of hydrogen-bond donors (Lipinski definition) is 2. The van der Waals surface area contributed by atoms with Crippen molar-refractivity contribution in [2.75, 3.05) is 18.8 Å². The summed E-state index contributed by atoms with van der Waals surface area (Å²) in [6.07, 6.45) is 2.05. The number of benzene rings is 1. The van der Waals surface area contributed by atoms with Gasteiger partial charge in [-0.3, -0.25) is 9.59 Å².